The van der Waals surface area contributed by atoms with Crippen LogP contribution in [0.5, 0.6) is 23.0 Å². The molecule has 0 radical (unpaired) electrons. The average molecular weight is 385 g/mol. The zero-order valence-corrected chi connectivity index (χ0v) is 14.6. The number of amides is 1. The molecule has 0 saturated carbocycles. The monoisotopic (exact) mass is 385 g/mol. The molecule has 144 valence electrons. The van der Waals surface area contributed by atoms with E-state index >= 15 is 0 Å². The molecule has 0 bridgehead atoms. The Morgan fingerprint density at radius 2 is 2.07 bits per heavy atom. The smallest absolute Gasteiger partial charge is 0.315 e. The van der Waals surface area contributed by atoms with Crippen LogP contribution in [0.1, 0.15) is 11.1 Å². The van der Waals surface area contributed by atoms with Gasteiger partial charge in [-0.15, -0.1) is 0 Å². The fraction of sp³-hybridized carbons (Fsp3) is 0.111. The normalized spacial score (nSPS) is 12.5. The lowest BCUT2D eigenvalue weighted by atomic mass is 10.2. The molecule has 0 unspecified atom stereocenters. The van der Waals surface area contributed by atoms with Crippen molar-refractivity contribution in [1.29, 1.82) is 0 Å². The molecule has 1 heterocycles. The molecule has 0 saturated heterocycles. The van der Waals surface area contributed by atoms with Gasteiger partial charge >= 0.3 is 5.69 Å². The average Bonchev–Trinajstić information content (AvgIpc) is 3.15. The van der Waals surface area contributed by atoms with Crippen molar-refractivity contribution in [3.05, 3.63) is 57.6 Å². The number of carbonyl (C=O) groups is 1. The molecular formula is C18H15N3O7. The van der Waals surface area contributed by atoms with Crippen molar-refractivity contribution in [1.82, 2.24) is 5.43 Å². The molecule has 28 heavy (non-hydrogen) atoms. The summed E-state index contributed by atoms with van der Waals surface area (Å²) in [5.74, 6) is 0.0762. The molecule has 1 aliphatic rings. The van der Waals surface area contributed by atoms with Gasteiger partial charge in [-0.1, -0.05) is 6.07 Å². The van der Waals surface area contributed by atoms with Gasteiger partial charge in [0.1, 0.15) is 0 Å². The number of hydrazone groups is 1. The van der Waals surface area contributed by atoms with E-state index in [1.807, 2.05) is 0 Å². The summed E-state index contributed by atoms with van der Waals surface area (Å²) in [5, 5.41) is 24.4. The second-order valence-corrected chi connectivity index (χ2v) is 5.53. The fourth-order valence-electron chi connectivity index (χ4n) is 2.38. The Hall–Kier alpha value is -4.08. The highest BCUT2D eigenvalue weighted by atomic mass is 16.7. The van der Waals surface area contributed by atoms with E-state index in [1.165, 1.54) is 25.5 Å². The number of hydrogen-bond acceptors (Lipinski definition) is 8. The molecule has 0 aliphatic carbocycles. The van der Waals surface area contributed by atoms with Gasteiger partial charge in [0.25, 0.3) is 5.91 Å². The van der Waals surface area contributed by atoms with Crippen LogP contribution in [0.25, 0.3) is 6.08 Å². The third-order valence-corrected chi connectivity index (χ3v) is 3.71. The van der Waals surface area contributed by atoms with Gasteiger partial charge in [0.2, 0.25) is 12.5 Å². The Labute approximate surface area is 158 Å². The number of rotatable bonds is 6. The molecule has 2 N–H and O–H groups in total. The van der Waals surface area contributed by atoms with Gasteiger partial charge in [0.05, 0.1) is 18.2 Å². The number of nitro groups is 1. The number of methoxy groups -OCH3 is 1. The summed E-state index contributed by atoms with van der Waals surface area (Å²) in [5.41, 5.74) is 2.74. The highest BCUT2D eigenvalue weighted by Gasteiger charge is 2.19. The van der Waals surface area contributed by atoms with E-state index in [9.17, 15) is 20.0 Å². The Balaban J connectivity index is 1.65. The van der Waals surface area contributed by atoms with E-state index in [0.717, 1.165) is 11.6 Å². The van der Waals surface area contributed by atoms with Crippen LogP contribution in [0, 0.1) is 10.1 Å². The number of aromatic hydroxyl groups is 1. The standard InChI is InChI=1S/C18H15N3O7/c1-26-16-8-12(6-13(18(16)23)21(24)25)9-19-20-17(22)5-3-11-2-4-14-15(7-11)28-10-27-14/h2-9,23H,10H2,1H3,(H,20,22)/b5-3+,19-9+. The first-order chi connectivity index (χ1) is 13.5. The van der Waals surface area contributed by atoms with Crippen LogP contribution in [0.4, 0.5) is 5.69 Å². The molecule has 10 nitrogen and oxygen atoms in total. The topological polar surface area (TPSA) is 133 Å². The van der Waals surface area contributed by atoms with Gasteiger partial charge in [0, 0.05) is 17.7 Å². The second-order valence-electron chi connectivity index (χ2n) is 5.53. The number of hydrogen-bond donors (Lipinski definition) is 2. The highest BCUT2D eigenvalue weighted by Crippen LogP contribution is 2.36. The Kier molecular flexibility index (Phi) is 5.40. The van der Waals surface area contributed by atoms with E-state index < -0.39 is 22.3 Å². The number of nitrogens with one attached hydrogen (secondary N) is 1. The molecule has 0 atom stereocenters. The predicted molar refractivity (Wildman–Crippen MR) is 98.6 cm³/mol. The number of phenols is 1. The number of phenolic OH excluding ortho intramolecular Hbond substituents is 1. The van der Waals surface area contributed by atoms with Crippen molar-refractivity contribution in [2.24, 2.45) is 5.10 Å². The minimum atomic E-state index is -0.748. The molecule has 2 aromatic rings. The molecule has 0 fully saturated rings. The predicted octanol–water partition coefficient (Wildman–Crippen LogP) is 2.20. The largest absolute Gasteiger partial charge is 0.500 e. The summed E-state index contributed by atoms with van der Waals surface area (Å²) in [6.07, 6.45) is 4.04. The van der Waals surface area contributed by atoms with Crippen molar-refractivity contribution < 1.29 is 29.0 Å². The first kappa shape index (κ1) is 18.7. The number of ether oxygens (including phenoxy) is 3. The number of carbonyl (C=O) groups excluding carboxylic acids is 1. The summed E-state index contributed by atoms with van der Waals surface area (Å²) < 4.78 is 15.4. The van der Waals surface area contributed by atoms with Crippen LogP contribution in [0.2, 0.25) is 0 Å². The van der Waals surface area contributed by atoms with Gasteiger partial charge in [-0.05, 0) is 29.8 Å². The highest BCUT2D eigenvalue weighted by molar-refractivity contribution is 5.93. The number of nitrogens with zero attached hydrogens (tertiary/aromatic N) is 2. The lowest BCUT2D eigenvalue weighted by Gasteiger charge is -2.04. The lowest BCUT2D eigenvalue weighted by Crippen LogP contribution is -2.14. The van der Waals surface area contributed by atoms with E-state index in [0.29, 0.717) is 11.5 Å². The second kappa shape index (κ2) is 8.08. The third kappa shape index (κ3) is 4.18. The van der Waals surface area contributed by atoms with Gasteiger partial charge in [-0.25, -0.2) is 5.43 Å². The quantitative estimate of drug-likeness (QED) is 0.337. The molecule has 0 aromatic heterocycles. The van der Waals surface area contributed by atoms with Crippen molar-refractivity contribution >= 4 is 23.9 Å². The van der Waals surface area contributed by atoms with Crippen LogP contribution in [-0.2, 0) is 4.79 Å². The van der Waals surface area contributed by atoms with Crippen molar-refractivity contribution in [3.8, 4) is 23.0 Å². The lowest BCUT2D eigenvalue weighted by molar-refractivity contribution is -0.386. The maximum Gasteiger partial charge on any atom is 0.315 e. The zero-order chi connectivity index (χ0) is 20.1. The van der Waals surface area contributed by atoms with Crippen LogP contribution in [-0.4, -0.2) is 36.1 Å². The van der Waals surface area contributed by atoms with Crippen LogP contribution in [0.15, 0.2) is 41.5 Å². The van der Waals surface area contributed by atoms with Gasteiger partial charge in [-0.2, -0.15) is 5.10 Å². The van der Waals surface area contributed by atoms with E-state index in [2.05, 4.69) is 10.5 Å². The van der Waals surface area contributed by atoms with Gasteiger partial charge in [0.15, 0.2) is 17.2 Å². The van der Waals surface area contributed by atoms with E-state index in [4.69, 9.17) is 14.2 Å². The zero-order valence-electron chi connectivity index (χ0n) is 14.6. The summed E-state index contributed by atoms with van der Waals surface area (Å²) >= 11 is 0. The molecule has 2 aromatic carbocycles. The van der Waals surface area contributed by atoms with Crippen LogP contribution in [0.3, 0.4) is 0 Å². The maximum atomic E-state index is 11.9. The van der Waals surface area contributed by atoms with Crippen molar-refractivity contribution in [3.63, 3.8) is 0 Å². The summed E-state index contributed by atoms with van der Waals surface area (Å²) in [6.45, 7) is 0.165. The number of nitro benzene ring substituents is 1. The van der Waals surface area contributed by atoms with Crippen molar-refractivity contribution in [2.45, 2.75) is 0 Å². The van der Waals surface area contributed by atoms with Crippen LogP contribution >= 0.6 is 0 Å². The number of fused-ring (bicyclic) bond motifs is 1. The summed E-state index contributed by atoms with van der Waals surface area (Å²) in [6, 6.07) is 7.69. The molecule has 0 spiro atoms. The SMILES string of the molecule is COc1cc(/C=N/NC(=O)/C=C/c2ccc3c(c2)OCO3)cc([N+](=O)[O-])c1O. The minimum Gasteiger partial charge on any atom is -0.500 e. The Morgan fingerprint density at radius 3 is 2.82 bits per heavy atom. The van der Waals surface area contributed by atoms with Gasteiger partial charge in [-0.3, -0.25) is 14.9 Å². The molecule has 1 amide bonds. The molecule has 10 heteroatoms. The van der Waals surface area contributed by atoms with Gasteiger partial charge < -0.3 is 19.3 Å². The summed E-state index contributed by atoms with van der Waals surface area (Å²) in [7, 11) is 1.27. The Morgan fingerprint density at radius 1 is 1.29 bits per heavy atom. The third-order valence-electron chi connectivity index (χ3n) is 3.71. The molecule has 1 aliphatic heterocycles. The first-order valence-corrected chi connectivity index (χ1v) is 7.94. The van der Waals surface area contributed by atoms with Crippen LogP contribution < -0.4 is 19.6 Å². The Bertz CT molecular complexity index is 985. The van der Waals surface area contributed by atoms with Crippen molar-refractivity contribution in [2.75, 3.05) is 13.9 Å². The van der Waals surface area contributed by atoms with E-state index in [1.54, 1.807) is 24.3 Å². The molecular weight excluding hydrogens is 370 g/mol. The minimum absolute atomic E-state index is 0.0790. The molecule has 3 rings (SSSR count). The number of benzene rings is 2. The maximum absolute atomic E-state index is 11.9. The fourth-order valence-corrected chi connectivity index (χ4v) is 2.38. The first-order valence-electron chi connectivity index (χ1n) is 7.94. The summed E-state index contributed by atoms with van der Waals surface area (Å²) in [4.78, 5) is 22.1. The van der Waals surface area contributed by atoms with E-state index in [-0.39, 0.29) is 18.1 Å².